The van der Waals surface area contributed by atoms with Gasteiger partial charge in [-0.1, -0.05) is 17.7 Å². The fraction of sp³-hybridized carbons (Fsp3) is 0.381. The number of nitrogens with one attached hydrogen (secondary N) is 1. The maximum Gasteiger partial charge on any atom is 0.264 e. The molecule has 6 nitrogen and oxygen atoms in total. The highest BCUT2D eigenvalue weighted by molar-refractivity contribution is 7.92. The van der Waals surface area contributed by atoms with E-state index in [1.807, 2.05) is 26.8 Å². The van der Waals surface area contributed by atoms with Crippen molar-refractivity contribution in [2.45, 2.75) is 32.1 Å². The van der Waals surface area contributed by atoms with Crippen molar-refractivity contribution in [3.63, 3.8) is 0 Å². The van der Waals surface area contributed by atoms with Crippen LogP contribution in [0.15, 0.2) is 47.4 Å². The van der Waals surface area contributed by atoms with Crippen molar-refractivity contribution < 1.29 is 17.9 Å². The van der Waals surface area contributed by atoms with Gasteiger partial charge in [0, 0.05) is 24.8 Å². The summed E-state index contributed by atoms with van der Waals surface area (Å²) in [5.41, 5.74) is 2.42. The van der Waals surface area contributed by atoms with Gasteiger partial charge < -0.3 is 10.1 Å². The minimum Gasteiger partial charge on any atom is -0.382 e. The fourth-order valence-corrected chi connectivity index (χ4v) is 4.20. The Morgan fingerprint density at radius 3 is 2.41 bits per heavy atom. The molecule has 2 aromatic carbocycles. The summed E-state index contributed by atoms with van der Waals surface area (Å²) in [6, 6.07) is 11.2. The Morgan fingerprint density at radius 1 is 1.10 bits per heavy atom. The van der Waals surface area contributed by atoms with Gasteiger partial charge in [-0.15, -0.1) is 0 Å². The number of hydrogen-bond acceptors (Lipinski definition) is 4. The van der Waals surface area contributed by atoms with Crippen LogP contribution in [0.1, 0.15) is 24.5 Å². The summed E-state index contributed by atoms with van der Waals surface area (Å²) < 4.78 is 32.9. The van der Waals surface area contributed by atoms with E-state index in [9.17, 15) is 13.2 Å². The minimum absolute atomic E-state index is 0.0734. The zero-order valence-corrected chi connectivity index (χ0v) is 18.5. The van der Waals surface area contributed by atoms with Crippen LogP contribution >= 0.6 is 11.6 Å². The van der Waals surface area contributed by atoms with Gasteiger partial charge in [0.25, 0.3) is 10.0 Å². The molecule has 1 N–H and O–H groups in total. The number of halogens is 1. The van der Waals surface area contributed by atoms with E-state index < -0.39 is 10.0 Å². The molecule has 0 unspecified atom stereocenters. The molecule has 0 aliphatic rings. The molecule has 8 heteroatoms. The maximum absolute atomic E-state index is 13.3. The van der Waals surface area contributed by atoms with Crippen LogP contribution in [-0.4, -0.2) is 40.6 Å². The van der Waals surface area contributed by atoms with E-state index in [2.05, 4.69) is 5.32 Å². The van der Waals surface area contributed by atoms with Gasteiger partial charge in [-0.3, -0.25) is 9.10 Å². The number of benzene rings is 2. The third kappa shape index (κ3) is 6.45. The third-order valence-electron chi connectivity index (χ3n) is 4.46. The lowest BCUT2D eigenvalue weighted by atomic mass is 10.1. The van der Waals surface area contributed by atoms with E-state index in [1.165, 1.54) is 24.3 Å². The Balaban J connectivity index is 2.27. The monoisotopic (exact) mass is 438 g/mol. The van der Waals surface area contributed by atoms with Crippen LogP contribution in [0.25, 0.3) is 0 Å². The van der Waals surface area contributed by atoms with Crippen LogP contribution in [0.5, 0.6) is 0 Å². The van der Waals surface area contributed by atoms with Crippen molar-refractivity contribution in [1.29, 1.82) is 0 Å². The highest BCUT2D eigenvalue weighted by Gasteiger charge is 2.27. The number of hydrogen-bond donors (Lipinski definition) is 1. The Kier molecular flexibility index (Phi) is 8.49. The van der Waals surface area contributed by atoms with E-state index in [4.69, 9.17) is 16.3 Å². The first-order valence-corrected chi connectivity index (χ1v) is 11.3. The number of carbonyl (C=O) groups excluding carboxylic acids is 1. The molecule has 0 radical (unpaired) electrons. The summed E-state index contributed by atoms with van der Waals surface area (Å²) in [6.45, 7) is 7.01. The molecule has 0 spiro atoms. The fourth-order valence-electron chi connectivity index (χ4n) is 2.66. The highest BCUT2D eigenvalue weighted by atomic mass is 35.5. The number of amides is 1. The molecule has 0 fully saturated rings. The predicted octanol–water partition coefficient (Wildman–Crippen LogP) is 3.69. The summed E-state index contributed by atoms with van der Waals surface area (Å²) in [5.74, 6) is -0.378. The highest BCUT2D eigenvalue weighted by Crippen LogP contribution is 2.26. The zero-order chi connectivity index (χ0) is 21.4. The lowest BCUT2D eigenvalue weighted by molar-refractivity contribution is -0.119. The van der Waals surface area contributed by atoms with Crippen LogP contribution in [0.4, 0.5) is 5.69 Å². The number of ether oxygens (including phenoxy) is 1. The first-order chi connectivity index (χ1) is 13.8. The Bertz CT molecular complexity index is 930. The molecule has 0 saturated heterocycles. The summed E-state index contributed by atoms with van der Waals surface area (Å²) >= 11 is 5.89. The zero-order valence-electron chi connectivity index (χ0n) is 16.9. The van der Waals surface area contributed by atoms with Crippen LogP contribution in [-0.2, 0) is 19.6 Å². The molecule has 2 aromatic rings. The van der Waals surface area contributed by atoms with Gasteiger partial charge in [0.15, 0.2) is 0 Å². The summed E-state index contributed by atoms with van der Waals surface area (Å²) in [5, 5.41) is 3.19. The van der Waals surface area contributed by atoms with Crippen molar-refractivity contribution in [1.82, 2.24) is 5.32 Å². The van der Waals surface area contributed by atoms with Crippen LogP contribution < -0.4 is 9.62 Å². The van der Waals surface area contributed by atoms with Crippen LogP contribution in [0, 0.1) is 13.8 Å². The van der Waals surface area contributed by atoms with Crippen LogP contribution in [0.2, 0.25) is 5.02 Å². The lowest BCUT2D eigenvalue weighted by Crippen LogP contribution is -2.41. The summed E-state index contributed by atoms with van der Waals surface area (Å²) in [7, 11) is -3.95. The van der Waals surface area contributed by atoms with Crippen molar-refractivity contribution in [3.05, 3.63) is 58.6 Å². The minimum atomic E-state index is -3.95. The molecular weight excluding hydrogens is 412 g/mol. The molecule has 0 heterocycles. The van der Waals surface area contributed by atoms with E-state index in [0.29, 0.717) is 36.9 Å². The topological polar surface area (TPSA) is 75.7 Å². The number of aryl methyl sites for hydroxylation is 2. The second-order valence-electron chi connectivity index (χ2n) is 6.63. The quantitative estimate of drug-likeness (QED) is 0.574. The first-order valence-electron chi connectivity index (χ1n) is 9.45. The van der Waals surface area contributed by atoms with Crippen molar-refractivity contribution in [3.8, 4) is 0 Å². The number of nitrogens with zero attached hydrogens (tertiary/aromatic N) is 1. The van der Waals surface area contributed by atoms with Gasteiger partial charge in [0.1, 0.15) is 6.54 Å². The third-order valence-corrected chi connectivity index (χ3v) is 6.50. The smallest absolute Gasteiger partial charge is 0.264 e. The maximum atomic E-state index is 13.3. The summed E-state index contributed by atoms with van der Waals surface area (Å²) in [6.07, 6.45) is 0.660. The van der Waals surface area contributed by atoms with Crippen molar-refractivity contribution in [2.24, 2.45) is 0 Å². The largest absolute Gasteiger partial charge is 0.382 e. The van der Waals surface area contributed by atoms with E-state index in [0.717, 1.165) is 15.4 Å². The average Bonchev–Trinajstić information content (AvgIpc) is 2.68. The van der Waals surface area contributed by atoms with Crippen LogP contribution in [0.3, 0.4) is 0 Å². The van der Waals surface area contributed by atoms with E-state index >= 15 is 0 Å². The number of sulfonamides is 1. The van der Waals surface area contributed by atoms with Crippen molar-refractivity contribution >= 4 is 33.2 Å². The lowest BCUT2D eigenvalue weighted by Gasteiger charge is -2.25. The second kappa shape index (κ2) is 10.6. The number of carbonyl (C=O) groups is 1. The standard InChI is InChI=1S/C21H27ClN2O4S/c1-4-28-13-5-12-23-21(25)15-24(19-9-6-16(2)17(3)14-19)29(26,27)20-10-7-18(22)8-11-20/h6-11,14H,4-5,12-13,15H2,1-3H3,(H,23,25). The SMILES string of the molecule is CCOCCCNC(=O)CN(c1ccc(C)c(C)c1)S(=O)(=O)c1ccc(Cl)cc1. The molecule has 1 amide bonds. The normalized spacial score (nSPS) is 11.3. The molecule has 29 heavy (non-hydrogen) atoms. The molecule has 158 valence electrons. The average molecular weight is 439 g/mol. The molecule has 2 rings (SSSR count). The Hall–Kier alpha value is -2.09. The molecule has 0 aromatic heterocycles. The second-order valence-corrected chi connectivity index (χ2v) is 8.93. The van der Waals surface area contributed by atoms with Crippen molar-refractivity contribution in [2.75, 3.05) is 30.6 Å². The van der Waals surface area contributed by atoms with E-state index in [1.54, 1.807) is 12.1 Å². The van der Waals surface area contributed by atoms with Gasteiger partial charge in [-0.2, -0.15) is 0 Å². The van der Waals surface area contributed by atoms with Gasteiger partial charge in [0.05, 0.1) is 10.6 Å². The Labute approximate surface area is 177 Å². The molecular formula is C21H27ClN2O4S. The summed E-state index contributed by atoms with van der Waals surface area (Å²) in [4.78, 5) is 12.5. The molecule has 0 aliphatic heterocycles. The van der Waals surface area contributed by atoms with E-state index in [-0.39, 0.29) is 17.3 Å². The molecule has 0 atom stereocenters. The van der Waals surface area contributed by atoms with Gasteiger partial charge in [0.2, 0.25) is 5.91 Å². The first kappa shape index (κ1) is 23.2. The Morgan fingerprint density at radius 2 is 1.79 bits per heavy atom. The van der Waals surface area contributed by atoms with Gasteiger partial charge in [-0.05, 0) is 74.7 Å². The predicted molar refractivity (Wildman–Crippen MR) is 116 cm³/mol. The molecule has 0 saturated carbocycles. The molecule has 0 bridgehead atoms. The van der Waals surface area contributed by atoms with Gasteiger partial charge in [-0.25, -0.2) is 8.42 Å². The number of anilines is 1. The molecule has 0 aliphatic carbocycles. The number of rotatable bonds is 10. The van der Waals surface area contributed by atoms with Gasteiger partial charge >= 0.3 is 0 Å².